The van der Waals surface area contributed by atoms with Gasteiger partial charge in [0.15, 0.2) is 0 Å². The highest BCUT2D eigenvalue weighted by atomic mass is 19.1. The second-order valence-corrected chi connectivity index (χ2v) is 4.67. The maximum atomic E-state index is 13.7. The topological polar surface area (TPSA) is 41.9 Å². The second kappa shape index (κ2) is 7.25. The predicted octanol–water partition coefficient (Wildman–Crippen LogP) is 0.879. The number of hydrogen-bond acceptors (Lipinski definition) is 4. The summed E-state index contributed by atoms with van der Waals surface area (Å²) in [6, 6.07) is 4.51. The Bertz CT molecular complexity index is 510. The van der Waals surface area contributed by atoms with Crippen LogP contribution in [0.5, 0.6) is 5.75 Å². The summed E-state index contributed by atoms with van der Waals surface area (Å²) in [4.78, 5) is 2.17. The first kappa shape index (κ1) is 14.8. The third kappa shape index (κ3) is 4.20. The molecule has 1 saturated heterocycles. The first-order valence-electron chi connectivity index (χ1n) is 6.51. The summed E-state index contributed by atoms with van der Waals surface area (Å²) < 4.78 is 24.8. The molecule has 0 saturated carbocycles. The first-order chi connectivity index (χ1) is 9.69. The van der Waals surface area contributed by atoms with Crippen molar-refractivity contribution in [2.75, 3.05) is 40.0 Å². The van der Waals surface area contributed by atoms with Crippen LogP contribution < -0.4 is 4.74 Å². The smallest absolute Gasteiger partial charge is 0.142 e. The average Bonchev–Trinajstić information content (AvgIpc) is 2.44. The Balaban J connectivity index is 1.91. The normalized spacial score (nSPS) is 19.2. The minimum absolute atomic E-state index is 0.00525. The van der Waals surface area contributed by atoms with Gasteiger partial charge in [-0.3, -0.25) is 0 Å². The fourth-order valence-electron chi connectivity index (χ4n) is 1.98. The molecule has 1 atom stereocenters. The van der Waals surface area contributed by atoms with E-state index in [2.05, 4.69) is 16.7 Å². The Morgan fingerprint density at radius 3 is 3.10 bits per heavy atom. The summed E-state index contributed by atoms with van der Waals surface area (Å²) in [5.41, 5.74) is 0.250. The molecule has 2 rings (SSSR count). The lowest BCUT2D eigenvalue weighted by atomic mass is 10.2. The molecule has 5 heteroatoms. The van der Waals surface area contributed by atoms with E-state index in [0.717, 1.165) is 13.1 Å². The van der Waals surface area contributed by atoms with E-state index < -0.39 is 5.82 Å². The largest absolute Gasteiger partial charge is 0.491 e. The molecule has 1 aliphatic rings. The van der Waals surface area contributed by atoms with Crippen molar-refractivity contribution < 1.29 is 19.0 Å². The van der Waals surface area contributed by atoms with Crippen LogP contribution in [0.25, 0.3) is 0 Å². The van der Waals surface area contributed by atoms with Crippen molar-refractivity contribution in [2.24, 2.45) is 0 Å². The molecule has 4 nitrogen and oxygen atoms in total. The SMILES string of the molecule is CN1CCOC(COc2ccc(C#CCO)c(F)c2)C1. The third-order valence-electron chi connectivity index (χ3n) is 3.02. The molecule has 1 aromatic rings. The van der Waals surface area contributed by atoms with Gasteiger partial charge >= 0.3 is 0 Å². The molecule has 0 spiro atoms. The third-order valence-corrected chi connectivity index (χ3v) is 3.02. The summed E-state index contributed by atoms with van der Waals surface area (Å²) in [5.74, 6) is 4.95. The van der Waals surface area contributed by atoms with E-state index in [0.29, 0.717) is 19.0 Å². The number of nitrogens with zero attached hydrogens (tertiary/aromatic N) is 1. The van der Waals surface area contributed by atoms with E-state index in [1.165, 1.54) is 6.07 Å². The van der Waals surface area contributed by atoms with Gasteiger partial charge in [0.2, 0.25) is 0 Å². The highest BCUT2D eigenvalue weighted by molar-refractivity contribution is 5.39. The monoisotopic (exact) mass is 279 g/mol. The van der Waals surface area contributed by atoms with E-state index in [1.54, 1.807) is 12.1 Å². The number of halogens is 1. The molecular weight excluding hydrogens is 261 g/mol. The number of rotatable bonds is 3. The lowest BCUT2D eigenvalue weighted by Gasteiger charge is -2.29. The van der Waals surface area contributed by atoms with Gasteiger partial charge in [0.05, 0.1) is 12.2 Å². The maximum absolute atomic E-state index is 13.7. The average molecular weight is 279 g/mol. The predicted molar refractivity (Wildman–Crippen MR) is 73.1 cm³/mol. The van der Waals surface area contributed by atoms with Gasteiger partial charge in [0.25, 0.3) is 0 Å². The zero-order valence-electron chi connectivity index (χ0n) is 11.4. The Hall–Kier alpha value is -1.61. The van der Waals surface area contributed by atoms with Crippen molar-refractivity contribution in [3.8, 4) is 17.6 Å². The van der Waals surface area contributed by atoms with Crippen molar-refractivity contribution in [1.29, 1.82) is 0 Å². The van der Waals surface area contributed by atoms with E-state index in [9.17, 15) is 4.39 Å². The molecular formula is C15H18FNO3. The number of likely N-dealkylation sites (N-methyl/N-ethyl adjacent to an activating group) is 1. The molecule has 1 N–H and O–H groups in total. The van der Waals surface area contributed by atoms with Gasteiger partial charge in [-0.2, -0.15) is 0 Å². The van der Waals surface area contributed by atoms with E-state index in [4.69, 9.17) is 14.6 Å². The van der Waals surface area contributed by atoms with Crippen LogP contribution in [0.4, 0.5) is 4.39 Å². The summed E-state index contributed by atoms with van der Waals surface area (Å²) in [6.45, 7) is 2.52. The lowest BCUT2D eigenvalue weighted by molar-refractivity contribution is -0.0403. The molecule has 0 radical (unpaired) electrons. The van der Waals surface area contributed by atoms with Crippen LogP contribution in [0.2, 0.25) is 0 Å². The second-order valence-electron chi connectivity index (χ2n) is 4.67. The summed E-state index contributed by atoms with van der Waals surface area (Å²) in [6.07, 6.45) is 0.00525. The number of morpholine rings is 1. The van der Waals surface area contributed by atoms with Gasteiger partial charge in [0.1, 0.15) is 30.9 Å². The van der Waals surface area contributed by atoms with Crippen LogP contribution in [0.15, 0.2) is 18.2 Å². The Morgan fingerprint density at radius 2 is 2.40 bits per heavy atom. The van der Waals surface area contributed by atoms with Crippen LogP contribution in [-0.4, -0.2) is 56.1 Å². The molecule has 0 aromatic heterocycles. The van der Waals surface area contributed by atoms with Gasteiger partial charge in [-0.25, -0.2) is 4.39 Å². The van der Waals surface area contributed by atoms with E-state index in [1.807, 2.05) is 7.05 Å². The van der Waals surface area contributed by atoms with Crippen LogP contribution in [0, 0.1) is 17.7 Å². The van der Waals surface area contributed by atoms with Gasteiger partial charge in [-0.15, -0.1) is 0 Å². The molecule has 1 aromatic carbocycles. The summed E-state index contributed by atoms with van der Waals surface area (Å²) >= 11 is 0. The van der Waals surface area contributed by atoms with E-state index >= 15 is 0 Å². The zero-order chi connectivity index (χ0) is 14.4. The fraction of sp³-hybridized carbons (Fsp3) is 0.467. The highest BCUT2D eigenvalue weighted by Gasteiger charge is 2.18. The quantitative estimate of drug-likeness (QED) is 0.834. The fourth-order valence-corrected chi connectivity index (χ4v) is 1.98. The minimum atomic E-state index is -0.454. The van der Waals surface area contributed by atoms with Crippen molar-refractivity contribution >= 4 is 0 Å². The molecule has 1 heterocycles. The van der Waals surface area contributed by atoms with Crippen molar-refractivity contribution in [1.82, 2.24) is 4.90 Å². The first-order valence-corrected chi connectivity index (χ1v) is 6.51. The van der Waals surface area contributed by atoms with Crippen molar-refractivity contribution in [3.05, 3.63) is 29.6 Å². The Morgan fingerprint density at radius 1 is 1.55 bits per heavy atom. The van der Waals surface area contributed by atoms with Crippen molar-refractivity contribution in [2.45, 2.75) is 6.10 Å². The van der Waals surface area contributed by atoms with Gasteiger partial charge < -0.3 is 19.5 Å². The van der Waals surface area contributed by atoms with Crippen LogP contribution >= 0.6 is 0 Å². The van der Waals surface area contributed by atoms with E-state index in [-0.39, 0.29) is 18.3 Å². The molecule has 1 aliphatic heterocycles. The Labute approximate surface area is 118 Å². The standard InChI is InChI=1S/C15H18FNO3/c1-17-6-8-19-14(10-17)11-20-13-5-4-12(3-2-7-18)15(16)9-13/h4-5,9,14,18H,6-8,10-11H2,1H3. The summed E-state index contributed by atoms with van der Waals surface area (Å²) in [5, 5.41) is 8.58. The lowest BCUT2D eigenvalue weighted by Crippen LogP contribution is -2.42. The number of aliphatic hydroxyl groups is 1. The van der Waals surface area contributed by atoms with Gasteiger partial charge in [-0.05, 0) is 19.2 Å². The van der Waals surface area contributed by atoms with Gasteiger partial charge in [-0.1, -0.05) is 11.8 Å². The van der Waals surface area contributed by atoms with Crippen LogP contribution in [-0.2, 0) is 4.74 Å². The number of benzene rings is 1. The number of aliphatic hydroxyl groups excluding tert-OH is 1. The zero-order valence-corrected chi connectivity index (χ0v) is 11.4. The minimum Gasteiger partial charge on any atom is -0.491 e. The maximum Gasteiger partial charge on any atom is 0.142 e. The van der Waals surface area contributed by atoms with Crippen molar-refractivity contribution in [3.63, 3.8) is 0 Å². The number of hydrogen-bond donors (Lipinski definition) is 1. The Kier molecular flexibility index (Phi) is 5.36. The molecule has 0 aliphatic carbocycles. The van der Waals surface area contributed by atoms with Crippen LogP contribution in [0.1, 0.15) is 5.56 Å². The molecule has 1 unspecified atom stereocenters. The number of ether oxygens (including phenoxy) is 2. The highest BCUT2D eigenvalue weighted by Crippen LogP contribution is 2.17. The molecule has 0 amide bonds. The molecule has 1 fully saturated rings. The van der Waals surface area contributed by atoms with Crippen LogP contribution in [0.3, 0.4) is 0 Å². The summed E-state index contributed by atoms with van der Waals surface area (Å²) in [7, 11) is 2.03. The molecule has 20 heavy (non-hydrogen) atoms. The van der Waals surface area contributed by atoms with Gasteiger partial charge in [0, 0.05) is 19.2 Å². The molecule has 0 bridgehead atoms. The molecule has 108 valence electrons.